The number of halogens is 1. The van der Waals surface area contributed by atoms with Gasteiger partial charge in [-0.2, -0.15) is 0 Å². The van der Waals surface area contributed by atoms with Gasteiger partial charge in [0.05, 0.1) is 12.0 Å². The number of hydrogen-bond donors (Lipinski definition) is 3. The Balaban J connectivity index is 1.83. The lowest BCUT2D eigenvalue weighted by atomic mass is 9.93. The van der Waals surface area contributed by atoms with Crippen molar-refractivity contribution in [1.29, 1.82) is 0 Å². The van der Waals surface area contributed by atoms with Crippen LogP contribution in [0.4, 0.5) is 4.39 Å². The van der Waals surface area contributed by atoms with Gasteiger partial charge in [-0.15, -0.1) is 0 Å². The van der Waals surface area contributed by atoms with Gasteiger partial charge in [-0.05, 0) is 53.8 Å². The number of benzene rings is 2. The van der Waals surface area contributed by atoms with Gasteiger partial charge < -0.3 is 20.4 Å². The van der Waals surface area contributed by atoms with Gasteiger partial charge in [0.25, 0.3) is 5.91 Å². The van der Waals surface area contributed by atoms with Gasteiger partial charge in [-0.3, -0.25) is 14.6 Å². The number of amides is 2. The molecule has 32 heavy (non-hydrogen) atoms. The Labute approximate surface area is 183 Å². The van der Waals surface area contributed by atoms with Crippen LogP contribution in [0.25, 0.3) is 10.9 Å². The fourth-order valence-electron chi connectivity index (χ4n) is 3.94. The third kappa shape index (κ3) is 3.99. The molecule has 2 aromatic carbocycles. The fraction of sp³-hybridized carbons (Fsp3) is 0.208. The Bertz CT molecular complexity index is 1260. The molecular formula is C24H22FN3O4. The predicted molar refractivity (Wildman–Crippen MR) is 117 cm³/mol. The Morgan fingerprint density at radius 2 is 2.00 bits per heavy atom. The minimum atomic E-state index is -0.376. The van der Waals surface area contributed by atoms with Crippen molar-refractivity contribution in [2.24, 2.45) is 0 Å². The molecule has 0 atom stereocenters. The number of rotatable bonds is 5. The van der Waals surface area contributed by atoms with Crippen molar-refractivity contribution in [1.82, 2.24) is 15.2 Å². The first-order valence-electron chi connectivity index (χ1n) is 10.0. The number of nitrogens with zero attached hydrogens (tertiary/aromatic N) is 2. The quantitative estimate of drug-likeness (QED) is 0.534. The minimum absolute atomic E-state index is 0.0442. The molecule has 1 aromatic heterocycles. The highest BCUT2D eigenvalue weighted by Crippen LogP contribution is 2.39. The molecular weight excluding hydrogens is 413 g/mol. The van der Waals surface area contributed by atoms with E-state index < -0.39 is 0 Å². The molecule has 2 heterocycles. The maximum Gasteiger partial charge on any atom is 0.258 e. The van der Waals surface area contributed by atoms with Crippen LogP contribution in [0.5, 0.6) is 5.75 Å². The topological polar surface area (TPSA) is 103 Å². The molecule has 0 saturated carbocycles. The number of hydrogen-bond acceptors (Lipinski definition) is 5. The van der Waals surface area contributed by atoms with E-state index in [1.807, 2.05) is 6.07 Å². The number of nitrogens with one attached hydrogen (secondary N) is 1. The van der Waals surface area contributed by atoms with Crippen LogP contribution in [0.3, 0.4) is 0 Å². The number of phenolic OH excluding ortho intramolecular Hbond substituents is 1. The largest absolute Gasteiger partial charge is 0.511 e. The van der Waals surface area contributed by atoms with Gasteiger partial charge in [-0.1, -0.05) is 12.1 Å². The first kappa shape index (κ1) is 21.3. The highest BCUT2D eigenvalue weighted by Gasteiger charge is 2.33. The number of aliphatic hydroxyl groups excluding tert-OH is 1. The normalized spacial score (nSPS) is 13.5. The lowest BCUT2D eigenvalue weighted by molar-refractivity contribution is -0.119. The molecule has 7 nitrogen and oxygen atoms in total. The minimum Gasteiger partial charge on any atom is -0.511 e. The van der Waals surface area contributed by atoms with Gasteiger partial charge in [0.2, 0.25) is 5.91 Å². The summed E-state index contributed by atoms with van der Waals surface area (Å²) in [4.78, 5) is 31.0. The second kappa shape index (κ2) is 8.30. The number of phenols is 1. The van der Waals surface area contributed by atoms with Crippen molar-refractivity contribution >= 4 is 22.7 Å². The Hall–Kier alpha value is -3.94. The summed E-state index contributed by atoms with van der Waals surface area (Å²) >= 11 is 0. The summed E-state index contributed by atoms with van der Waals surface area (Å²) in [7, 11) is 1.63. The van der Waals surface area contributed by atoms with Crippen molar-refractivity contribution in [3.05, 3.63) is 82.1 Å². The van der Waals surface area contributed by atoms with Gasteiger partial charge >= 0.3 is 0 Å². The van der Waals surface area contributed by atoms with Crippen molar-refractivity contribution in [3.63, 3.8) is 0 Å². The zero-order valence-corrected chi connectivity index (χ0v) is 17.6. The second-order valence-electron chi connectivity index (χ2n) is 7.91. The first-order valence-corrected chi connectivity index (χ1v) is 10.0. The van der Waals surface area contributed by atoms with Crippen molar-refractivity contribution in [2.75, 3.05) is 7.05 Å². The van der Waals surface area contributed by atoms with E-state index in [4.69, 9.17) is 0 Å². The van der Waals surface area contributed by atoms with Crippen LogP contribution in [0, 0.1) is 5.82 Å². The lowest BCUT2D eigenvalue weighted by Crippen LogP contribution is -2.21. The molecule has 8 heteroatoms. The van der Waals surface area contributed by atoms with Crippen LogP contribution in [0.15, 0.2) is 48.5 Å². The monoisotopic (exact) mass is 435 g/mol. The van der Waals surface area contributed by atoms with E-state index in [1.54, 1.807) is 25.4 Å². The molecule has 0 saturated heterocycles. The van der Waals surface area contributed by atoms with E-state index in [0.717, 1.165) is 11.1 Å². The van der Waals surface area contributed by atoms with Crippen LogP contribution < -0.4 is 5.32 Å². The molecule has 0 fully saturated rings. The van der Waals surface area contributed by atoms with E-state index in [0.29, 0.717) is 22.9 Å². The van der Waals surface area contributed by atoms with Gasteiger partial charge in [0.1, 0.15) is 17.1 Å². The van der Waals surface area contributed by atoms with Crippen molar-refractivity contribution < 1.29 is 24.2 Å². The summed E-state index contributed by atoms with van der Waals surface area (Å²) in [6.07, 6.45) is 3.22. The standard InChI is InChI=1S/C24H22FN3O4/c1-13(29)10-26-20(30)9-17-18-8-15(7-14-3-5-16(25)6-4-14)11-27-22(18)23(31)21-19(17)12-28(2)24(21)32/h3-6,8,10-11,29,31H,7,9,12H2,1-2H3,(H,26,30)/b13-10+. The SMILES string of the molecule is C/C(O)=C\NC(=O)Cc1c2c(c(O)c3ncc(Cc4ccc(F)cc4)cc13)C(=O)N(C)C2. The molecule has 0 spiro atoms. The summed E-state index contributed by atoms with van der Waals surface area (Å²) in [6, 6.07) is 7.98. The van der Waals surface area contributed by atoms with Crippen LogP contribution in [0.2, 0.25) is 0 Å². The fourth-order valence-corrected chi connectivity index (χ4v) is 3.94. The average molecular weight is 435 g/mol. The van der Waals surface area contributed by atoms with Gasteiger partial charge in [-0.25, -0.2) is 4.39 Å². The third-order valence-corrected chi connectivity index (χ3v) is 5.45. The van der Waals surface area contributed by atoms with Crippen LogP contribution in [-0.4, -0.2) is 39.0 Å². The highest BCUT2D eigenvalue weighted by molar-refractivity contribution is 6.08. The summed E-state index contributed by atoms with van der Waals surface area (Å²) in [5.41, 5.74) is 3.29. The number of aliphatic hydroxyl groups is 1. The molecule has 164 valence electrons. The molecule has 1 aliphatic heterocycles. The molecule has 0 bridgehead atoms. The zero-order valence-electron chi connectivity index (χ0n) is 17.6. The highest BCUT2D eigenvalue weighted by atomic mass is 19.1. The smallest absolute Gasteiger partial charge is 0.258 e. The number of carbonyl (C=O) groups excluding carboxylic acids is 2. The Kier molecular flexibility index (Phi) is 5.52. The zero-order chi connectivity index (χ0) is 23.0. The van der Waals surface area contributed by atoms with Crippen LogP contribution >= 0.6 is 0 Å². The molecule has 3 aromatic rings. The van der Waals surface area contributed by atoms with Gasteiger partial charge in [0, 0.05) is 31.4 Å². The molecule has 0 unspecified atom stereocenters. The number of aromatic nitrogens is 1. The number of fused-ring (bicyclic) bond motifs is 2. The first-order chi connectivity index (χ1) is 15.2. The van der Waals surface area contributed by atoms with Gasteiger partial charge in [0.15, 0.2) is 5.75 Å². The molecule has 1 aliphatic rings. The maximum atomic E-state index is 13.2. The molecule has 0 radical (unpaired) electrons. The lowest BCUT2D eigenvalue weighted by Gasteiger charge is -2.14. The van der Waals surface area contributed by atoms with Crippen LogP contribution in [-0.2, 0) is 24.2 Å². The molecule has 4 rings (SSSR count). The van der Waals surface area contributed by atoms with Crippen LogP contribution in [0.1, 0.15) is 39.5 Å². The predicted octanol–water partition coefficient (Wildman–Crippen LogP) is 3.33. The summed E-state index contributed by atoms with van der Waals surface area (Å²) in [6.45, 7) is 1.70. The van der Waals surface area contributed by atoms with Crippen molar-refractivity contribution in [3.8, 4) is 5.75 Å². The second-order valence-corrected chi connectivity index (χ2v) is 7.91. The van der Waals surface area contributed by atoms with E-state index in [-0.39, 0.29) is 53.2 Å². The van der Waals surface area contributed by atoms with E-state index in [1.165, 1.54) is 30.2 Å². The Morgan fingerprint density at radius 3 is 2.69 bits per heavy atom. The number of carbonyl (C=O) groups is 2. The average Bonchev–Trinajstić information content (AvgIpc) is 3.06. The molecule has 0 aliphatic carbocycles. The van der Waals surface area contributed by atoms with E-state index in [9.17, 15) is 24.2 Å². The number of aromatic hydroxyl groups is 1. The summed E-state index contributed by atoms with van der Waals surface area (Å²) < 4.78 is 13.2. The maximum absolute atomic E-state index is 13.2. The molecule has 3 N–H and O–H groups in total. The van der Waals surface area contributed by atoms with Crippen molar-refractivity contribution in [2.45, 2.75) is 26.3 Å². The summed E-state index contributed by atoms with van der Waals surface area (Å²) in [5, 5.41) is 23.2. The summed E-state index contributed by atoms with van der Waals surface area (Å²) in [5.74, 6) is -1.27. The number of allylic oxidation sites excluding steroid dienone is 1. The Morgan fingerprint density at radius 1 is 1.28 bits per heavy atom. The third-order valence-electron chi connectivity index (χ3n) is 5.45. The van der Waals surface area contributed by atoms with E-state index >= 15 is 0 Å². The molecule has 2 amide bonds. The van der Waals surface area contributed by atoms with E-state index in [2.05, 4.69) is 10.3 Å². The number of pyridine rings is 1.